The van der Waals surface area contributed by atoms with E-state index in [1.54, 1.807) is 109 Å². The van der Waals surface area contributed by atoms with E-state index in [9.17, 15) is 30.6 Å². The second-order valence-electron chi connectivity index (χ2n) is 16.4. The van der Waals surface area contributed by atoms with E-state index < -0.39 is 12.3 Å². The van der Waals surface area contributed by atoms with Crippen LogP contribution in [0.4, 0.5) is 0 Å². The van der Waals surface area contributed by atoms with Crippen LogP contribution in [0, 0.1) is 80.8 Å². The van der Waals surface area contributed by atoms with Gasteiger partial charge >= 0.3 is 80.8 Å². The van der Waals surface area contributed by atoms with Crippen LogP contribution in [-0.2, 0) is 18.9 Å². The quantitative estimate of drug-likeness (QED) is 0.123. The average molecular weight is 1280 g/mol. The molecule has 0 spiro atoms. The van der Waals surface area contributed by atoms with Crippen LogP contribution in [0.2, 0.25) is 0 Å². The maximum absolute atomic E-state index is 12.1. The molecule has 0 aromatic heterocycles. The van der Waals surface area contributed by atoms with Gasteiger partial charge in [-0.15, -0.1) is 34.5 Å². The second kappa shape index (κ2) is 38.8. The molecule has 0 aliphatic carbocycles. The monoisotopic (exact) mass is 1280 g/mol. The van der Waals surface area contributed by atoms with Crippen LogP contribution in [-0.4, -0.2) is 77.7 Å². The molecule has 4 aliphatic rings. The maximum Gasteiger partial charge on any atom is 3.00 e. The minimum Gasteiger partial charge on any atom is -0.872 e. The standard InChI is InChI=1S/2C21H18N2O3.4C4H8O.2Sm/c2*24-18-10-4-1-7-15(18)13-22-21(17-9-3-6-12-20(17)26)23-14-16-8-2-5-11-19(16)25;4*1-2-4-5-3-1;;/h2*1-14,21,24-26H;4*1-4H2;;/q;;;;;;2*+3/p-6/b2*22-13+,23-14+;;;;;;. The van der Waals surface area contributed by atoms with Crippen molar-refractivity contribution in [3.05, 3.63) is 179 Å². The summed E-state index contributed by atoms with van der Waals surface area (Å²) in [6.45, 7) is 8.00. The number of hydrogen-bond donors (Lipinski definition) is 0. The molecule has 386 valence electrons. The van der Waals surface area contributed by atoms with Gasteiger partial charge in [0.05, 0.1) is 0 Å². The first kappa shape index (κ1) is 63.6. The molecule has 74 heavy (non-hydrogen) atoms. The van der Waals surface area contributed by atoms with Crippen LogP contribution >= 0.6 is 0 Å². The van der Waals surface area contributed by atoms with E-state index in [-0.39, 0.29) is 115 Å². The Morgan fingerprint density at radius 2 is 0.473 bits per heavy atom. The number of hydrogen-bond acceptors (Lipinski definition) is 14. The van der Waals surface area contributed by atoms with Gasteiger partial charge in [-0.25, -0.2) is 0 Å². The molecule has 0 bridgehead atoms. The molecule has 4 aliphatic heterocycles. The fourth-order valence-electron chi connectivity index (χ4n) is 6.78. The molecule has 6 aromatic rings. The van der Waals surface area contributed by atoms with Crippen molar-refractivity contribution >= 4 is 24.9 Å². The number of rotatable bonds is 10. The van der Waals surface area contributed by atoms with E-state index in [1.165, 1.54) is 113 Å². The van der Waals surface area contributed by atoms with Crippen LogP contribution in [0.1, 0.15) is 97.1 Å². The van der Waals surface area contributed by atoms with Crippen LogP contribution in [0.15, 0.2) is 166 Å². The van der Waals surface area contributed by atoms with Crippen molar-refractivity contribution in [3.8, 4) is 34.5 Å². The summed E-state index contributed by atoms with van der Waals surface area (Å²) < 4.78 is 19.8. The third-order valence-corrected chi connectivity index (χ3v) is 10.8. The Morgan fingerprint density at radius 1 is 0.284 bits per heavy atom. The zero-order chi connectivity index (χ0) is 50.9. The van der Waals surface area contributed by atoms with Gasteiger partial charge in [-0.2, -0.15) is 0 Å². The maximum atomic E-state index is 12.1. The largest absolute Gasteiger partial charge is 3.00 e. The van der Waals surface area contributed by atoms with Gasteiger partial charge in [0.25, 0.3) is 0 Å². The van der Waals surface area contributed by atoms with E-state index >= 15 is 0 Å². The molecule has 10 rings (SSSR count). The van der Waals surface area contributed by atoms with Gasteiger partial charge in [-0.1, -0.05) is 146 Å². The first-order chi connectivity index (χ1) is 35.3. The molecule has 0 unspecified atom stereocenters. The molecule has 14 nitrogen and oxygen atoms in total. The smallest absolute Gasteiger partial charge is 0.872 e. The van der Waals surface area contributed by atoms with Crippen molar-refractivity contribution in [2.45, 2.75) is 63.7 Å². The van der Waals surface area contributed by atoms with Crippen molar-refractivity contribution in [2.24, 2.45) is 20.0 Å². The topological polar surface area (TPSA) is 225 Å². The average Bonchev–Trinajstić information content (AvgIpc) is 4.28. The van der Waals surface area contributed by atoms with E-state index in [2.05, 4.69) is 20.0 Å². The number of nitrogens with zero attached hydrogens (tertiary/aromatic N) is 4. The van der Waals surface area contributed by atoms with Gasteiger partial charge in [0.1, 0.15) is 0 Å². The number of para-hydroxylation sites is 6. The van der Waals surface area contributed by atoms with Gasteiger partial charge in [0.15, 0.2) is 12.3 Å². The first-order valence-electron chi connectivity index (χ1n) is 24.3. The molecular formula is C58H62N4O10Sm2. The summed E-state index contributed by atoms with van der Waals surface area (Å²) in [7, 11) is 0. The molecule has 4 saturated heterocycles. The molecule has 4 heterocycles. The van der Waals surface area contributed by atoms with Crippen molar-refractivity contribution in [2.75, 3.05) is 52.9 Å². The summed E-state index contributed by atoms with van der Waals surface area (Å²) in [6.07, 6.45) is 14.1. The van der Waals surface area contributed by atoms with Crippen molar-refractivity contribution in [3.63, 3.8) is 0 Å². The first-order valence-corrected chi connectivity index (χ1v) is 24.3. The summed E-state index contributed by atoms with van der Waals surface area (Å²) in [6, 6.07) is 38.7. The predicted molar refractivity (Wildman–Crippen MR) is 271 cm³/mol. The van der Waals surface area contributed by atoms with Crippen LogP contribution < -0.4 is 30.6 Å². The Bertz CT molecular complexity index is 2240. The summed E-state index contributed by atoms with van der Waals surface area (Å²) >= 11 is 0. The number of benzene rings is 6. The molecule has 0 amide bonds. The Kier molecular flexibility index (Phi) is 33.4. The minimum atomic E-state index is -0.845. The van der Waals surface area contributed by atoms with Crippen molar-refractivity contribution < 1.29 is 130 Å². The van der Waals surface area contributed by atoms with Gasteiger partial charge in [0.2, 0.25) is 0 Å². The SMILES string of the molecule is C1CCOC1.C1CCOC1.C1CCOC1.C1CCOC1.[O-]c1ccccc1/C=N/C(/N=C/c1ccccc1[O-])c1ccccc1[O-].[O-]c1ccccc1/C=N/C(/N=C/c1ccccc1[O-])c1ccccc1[O-].[Sm+3].[Sm+3]. The third-order valence-electron chi connectivity index (χ3n) is 10.8. The predicted octanol–water partition coefficient (Wildman–Crippen LogP) is 7.48. The fraction of sp³-hybridized carbons (Fsp3) is 0.310. The summed E-state index contributed by atoms with van der Waals surface area (Å²) in [5.74, 6) is -1.09. The zero-order valence-electron chi connectivity index (χ0n) is 41.3. The van der Waals surface area contributed by atoms with E-state index in [4.69, 9.17) is 18.9 Å². The summed E-state index contributed by atoms with van der Waals surface area (Å²) in [4.78, 5) is 17.2. The van der Waals surface area contributed by atoms with Crippen molar-refractivity contribution in [1.82, 2.24) is 0 Å². The molecule has 16 heteroatoms. The molecule has 0 saturated carbocycles. The van der Waals surface area contributed by atoms with E-state index in [1.807, 2.05) is 0 Å². The summed E-state index contributed by atoms with van der Waals surface area (Å²) in [5, 5.41) is 71.6. The molecule has 4 fully saturated rings. The van der Waals surface area contributed by atoms with E-state index in [0.717, 1.165) is 52.9 Å². The molecule has 2 radical (unpaired) electrons. The molecule has 0 atom stereocenters. The normalized spacial score (nSPS) is 14.6. The van der Waals surface area contributed by atoms with Crippen LogP contribution in [0.3, 0.4) is 0 Å². The summed E-state index contributed by atoms with van der Waals surface area (Å²) in [5.41, 5.74) is 2.35. The van der Waals surface area contributed by atoms with Crippen LogP contribution in [0.5, 0.6) is 34.5 Å². The fourth-order valence-corrected chi connectivity index (χ4v) is 6.78. The second-order valence-corrected chi connectivity index (χ2v) is 16.4. The number of aliphatic imine (C=N–C) groups is 4. The molecule has 6 aromatic carbocycles. The number of ether oxygens (including phenoxy) is 4. The molecule has 0 N–H and O–H groups in total. The third kappa shape index (κ3) is 24.8. The van der Waals surface area contributed by atoms with Gasteiger partial charge in [0, 0.05) is 77.7 Å². The van der Waals surface area contributed by atoms with Crippen LogP contribution in [0.25, 0.3) is 0 Å². The van der Waals surface area contributed by atoms with Gasteiger partial charge < -0.3 is 49.6 Å². The Morgan fingerprint density at radius 3 is 0.649 bits per heavy atom. The molecular weight excluding hydrogens is 1210 g/mol. The Balaban J connectivity index is 0.000000277. The minimum absolute atomic E-state index is 0. The Hall–Kier alpha value is -4.68. The van der Waals surface area contributed by atoms with Gasteiger partial charge in [-0.3, -0.25) is 20.0 Å². The van der Waals surface area contributed by atoms with Gasteiger partial charge in [-0.05, 0) is 84.7 Å². The Labute approximate surface area is 500 Å². The zero-order valence-corrected chi connectivity index (χ0v) is 46.6. The van der Waals surface area contributed by atoms with Crippen molar-refractivity contribution in [1.29, 1.82) is 0 Å². The van der Waals surface area contributed by atoms with E-state index in [0.29, 0.717) is 33.4 Å².